The summed E-state index contributed by atoms with van der Waals surface area (Å²) in [5.74, 6) is 0. The third kappa shape index (κ3) is 1.99. The largest absolute Gasteiger partial charge is 0.378 e. The number of nitrogens with zero attached hydrogens (tertiary/aromatic N) is 1. The second kappa shape index (κ2) is 4.46. The molecule has 0 bridgehead atoms. The third-order valence-electron chi connectivity index (χ3n) is 3.12. The van der Waals surface area contributed by atoms with Crippen LogP contribution in [0.5, 0.6) is 0 Å². The molecular weight excluding hydrogens is 242 g/mol. The van der Waals surface area contributed by atoms with E-state index < -0.39 is 0 Å². The molecule has 0 saturated heterocycles. The highest BCUT2D eigenvalue weighted by molar-refractivity contribution is 7.10. The fraction of sp³-hybridized carbons (Fsp3) is 0.214. The zero-order valence-electron chi connectivity index (χ0n) is 10.4. The first-order valence-corrected chi connectivity index (χ1v) is 6.85. The minimum Gasteiger partial charge on any atom is -0.378 e. The van der Waals surface area contributed by atoms with Crippen LogP contribution in [0.15, 0.2) is 35.8 Å². The second-order valence-electron chi connectivity index (χ2n) is 4.51. The summed E-state index contributed by atoms with van der Waals surface area (Å²) in [5, 5.41) is 13.8. The molecular formula is C14H15N3S. The van der Waals surface area contributed by atoms with Crippen LogP contribution in [-0.4, -0.2) is 10.2 Å². The zero-order chi connectivity index (χ0) is 12.5. The number of benzene rings is 1. The molecule has 1 unspecified atom stereocenters. The molecule has 2 aromatic heterocycles. The Morgan fingerprint density at radius 1 is 1.33 bits per heavy atom. The van der Waals surface area contributed by atoms with Crippen LogP contribution in [0.2, 0.25) is 0 Å². The summed E-state index contributed by atoms with van der Waals surface area (Å²) in [5.41, 5.74) is 3.53. The fourth-order valence-corrected chi connectivity index (χ4v) is 3.11. The summed E-state index contributed by atoms with van der Waals surface area (Å²) < 4.78 is 0. The van der Waals surface area contributed by atoms with Gasteiger partial charge < -0.3 is 5.32 Å². The van der Waals surface area contributed by atoms with Gasteiger partial charge in [0.25, 0.3) is 0 Å². The molecule has 92 valence electrons. The van der Waals surface area contributed by atoms with Gasteiger partial charge in [-0.15, -0.1) is 11.3 Å². The maximum atomic E-state index is 4.03. The molecule has 0 fully saturated rings. The molecule has 0 aliphatic carbocycles. The Balaban J connectivity index is 1.85. The van der Waals surface area contributed by atoms with Crippen LogP contribution in [0, 0.1) is 6.92 Å². The normalized spacial score (nSPS) is 12.8. The number of hydrogen-bond acceptors (Lipinski definition) is 3. The number of thiophene rings is 1. The fourth-order valence-electron chi connectivity index (χ4n) is 2.17. The van der Waals surface area contributed by atoms with E-state index in [2.05, 4.69) is 59.0 Å². The monoisotopic (exact) mass is 257 g/mol. The number of aryl methyl sites for hydroxylation is 1. The van der Waals surface area contributed by atoms with Gasteiger partial charge in [0.05, 0.1) is 17.8 Å². The molecule has 2 N–H and O–H groups in total. The summed E-state index contributed by atoms with van der Waals surface area (Å²) in [4.78, 5) is 1.39. The Morgan fingerprint density at radius 2 is 2.22 bits per heavy atom. The molecule has 1 aromatic carbocycles. The molecule has 3 rings (SSSR count). The van der Waals surface area contributed by atoms with Crippen molar-refractivity contribution >= 4 is 27.9 Å². The maximum absolute atomic E-state index is 4.03. The van der Waals surface area contributed by atoms with Crippen LogP contribution in [-0.2, 0) is 0 Å². The molecule has 0 amide bonds. The van der Waals surface area contributed by atoms with Gasteiger partial charge in [0.1, 0.15) is 0 Å². The molecule has 3 nitrogen and oxygen atoms in total. The van der Waals surface area contributed by atoms with Crippen molar-refractivity contribution in [3.05, 3.63) is 46.3 Å². The minimum atomic E-state index is 0.324. The number of anilines is 1. The van der Waals surface area contributed by atoms with Crippen molar-refractivity contribution in [3.63, 3.8) is 0 Å². The predicted octanol–water partition coefficient (Wildman–Crippen LogP) is 4.11. The Labute approximate surface area is 110 Å². The van der Waals surface area contributed by atoms with E-state index >= 15 is 0 Å². The first-order valence-electron chi connectivity index (χ1n) is 5.98. The van der Waals surface area contributed by atoms with E-state index in [1.54, 1.807) is 11.3 Å². The topological polar surface area (TPSA) is 40.7 Å². The molecule has 2 heterocycles. The van der Waals surface area contributed by atoms with Crippen LogP contribution in [0.1, 0.15) is 23.4 Å². The lowest BCUT2D eigenvalue weighted by Gasteiger charge is -2.15. The van der Waals surface area contributed by atoms with E-state index in [9.17, 15) is 0 Å². The van der Waals surface area contributed by atoms with E-state index in [0.717, 1.165) is 16.6 Å². The quantitative estimate of drug-likeness (QED) is 0.741. The van der Waals surface area contributed by atoms with Crippen molar-refractivity contribution in [2.75, 3.05) is 5.32 Å². The van der Waals surface area contributed by atoms with Crippen molar-refractivity contribution < 1.29 is 0 Å². The van der Waals surface area contributed by atoms with Crippen molar-refractivity contribution in [2.45, 2.75) is 19.9 Å². The molecule has 0 aliphatic rings. The average molecular weight is 257 g/mol. The Kier molecular flexibility index (Phi) is 2.80. The molecule has 0 spiro atoms. The van der Waals surface area contributed by atoms with Crippen molar-refractivity contribution in [1.82, 2.24) is 10.2 Å². The van der Waals surface area contributed by atoms with Gasteiger partial charge in [-0.25, -0.2) is 0 Å². The lowest BCUT2D eigenvalue weighted by molar-refractivity contribution is 0.899. The van der Waals surface area contributed by atoms with Crippen LogP contribution >= 0.6 is 11.3 Å². The van der Waals surface area contributed by atoms with Gasteiger partial charge >= 0.3 is 0 Å². The van der Waals surface area contributed by atoms with Gasteiger partial charge in [0.2, 0.25) is 0 Å². The van der Waals surface area contributed by atoms with Crippen LogP contribution in [0.25, 0.3) is 10.9 Å². The Hall–Kier alpha value is -1.81. The number of nitrogens with one attached hydrogen (secondary N) is 2. The van der Waals surface area contributed by atoms with Gasteiger partial charge in [0, 0.05) is 16.0 Å². The van der Waals surface area contributed by atoms with Crippen LogP contribution in [0.4, 0.5) is 5.69 Å². The number of rotatable bonds is 3. The van der Waals surface area contributed by atoms with Crippen molar-refractivity contribution in [2.24, 2.45) is 0 Å². The molecule has 0 saturated carbocycles. The highest BCUT2D eigenvalue weighted by atomic mass is 32.1. The highest BCUT2D eigenvalue weighted by Crippen LogP contribution is 2.27. The van der Waals surface area contributed by atoms with Crippen molar-refractivity contribution in [1.29, 1.82) is 0 Å². The lowest BCUT2D eigenvalue weighted by atomic mass is 10.1. The van der Waals surface area contributed by atoms with E-state index in [1.165, 1.54) is 10.4 Å². The Morgan fingerprint density at radius 3 is 3.00 bits per heavy atom. The van der Waals surface area contributed by atoms with Gasteiger partial charge in [-0.2, -0.15) is 5.10 Å². The van der Waals surface area contributed by atoms with Crippen molar-refractivity contribution in [3.8, 4) is 0 Å². The van der Waals surface area contributed by atoms with Gasteiger partial charge in [0.15, 0.2) is 0 Å². The van der Waals surface area contributed by atoms with E-state index in [-0.39, 0.29) is 0 Å². The number of aromatic amines is 1. The summed E-state index contributed by atoms with van der Waals surface area (Å²) >= 11 is 1.80. The van der Waals surface area contributed by atoms with E-state index in [4.69, 9.17) is 0 Å². The van der Waals surface area contributed by atoms with Gasteiger partial charge in [-0.05, 0) is 49.1 Å². The minimum absolute atomic E-state index is 0.324. The van der Waals surface area contributed by atoms with Crippen LogP contribution in [0.3, 0.4) is 0 Å². The van der Waals surface area contributed by atoms with Crippen LogP contribution < -0.4 is 5.32 Å². The molecule has 1 atom stereocenters. The number of H-pyrrole nitrogens is 1. The number of fused-ring (bicyclic) bond motifs is 1. The first-order chi connectivity index (χ1) is 8.74. The molecule has 0 aliphatic heterocycles. The molecule has 18 heavy (non-hydrogen) atoms. The summed E-state index contributed by atoms with van der Waals surface area (Å²) in [7, 11) is 0. The summed E-state index contributed by atoms with van der Waals surface area (Å²) in [6.45, 7) is 4.35. The predicted molar refractivity (Wildman–Crippen MR) is 77.2 cm³/mol. The molecule has 3 aromatic rings. The van der Waals surface area contributed by atoms with E-state index in [0.29, 0.717) is 6.04 Å². The highest BCUT2D eigenvalue weighted by Gasteiger charge is 2.09. The second-order valence-corrected chi connectivity index (χ2v) is 5.45. The molecule has 4 heteroatoms. The third-order valence-corrected chi connectivity index (χ3v) is 4.32. The zero-order valence-corrected chi connectivity index (χ0v) is 11.2. The van der Waals surface area contributed by atoms with E-state index in [1.807, 2.05) is 6.20 Å². The maximum Gasteiger partial charge on any atom is 0.0670 e. The smallest absolute Gasteiger partial charge is 0.0670 e. The van der Waals surface area contributed by atoms with Gasteiger partial charge in [-0.1, -0.05) is 0 Å². The first kappa shape index (κ1) is 11.3. The Bertz CT molecular complexity index is 668. The summed E-state index contributed by atoms with van der Waals surface area (Å²) in [6, 6.07) is 8.76. The number of aromatic nitrogens is 2. The van der Waals surface area contributed by atoms with Gasteiger partial charge in [-0.3, -0.25) is 5.10 Å². The lowest BCUT2D eigenvalue weighted by Crippen LogP contribution is -2.05. The SMILES string of the molecule is Cc1ccsc1C(C)Nc1ccc2cn[nH]c2c1. The average Bonchev–Trinajstić information content (AvgIpc) is 2.96. The molecule has 0 radical (unpaired) electrons. The number of hydrogen-bond donors (Lipinski definition) is 2. The standard InChI is InChI=1S/C14H15N3S/c1-9-5-6-18-14(9)10(2)16-12-4-3-11-8-15-17-13(11)7-12/h3-8,10,16H,1-2H3,(H,15,17). The summed E-state index contributed by atoms with van der Waals surface area (Å²) in [6.07, 6.45) is 1.84.